The van der Waals surface area contributed by atoms with Crippen molar-refractivity contribution in [1.82, 2.24) is 5.32 Å². The number of ether oxygens (including phenoxy) is 2. The van der Waals surface area contributed by atoms with Gasteiger partial charge in [0.25, 0.3) is 5.91 Å². The normalized spacial score (nSPS) is 12.0. The molecular weight excluding hydrogens is 483 g/mol. The third-order valence-electron chi connectivity index (χ3n) is 5.92. The Labute approximate surface area is 214 Å². The first-order valence-electron chi connectivity index (χ1n) is 12.0. The third-order valence-corrected chi connectivity index (χ3v) is 5.92. The minimum Gasteiger partial charge on any atom is -0.493 e. The average Bonchev–Trinajstić information content (AvgIpc) is 2.90. The van der Waals surface area contributed by atoms with E-state index in [1.807, 2.05) is 36.4 Å². The fourth-order valence-corrected chi connectivity index (χ4v) is 3.64. The van der Waals surface area contributed by atoms with Crippen molar-refractivity contribution >= 4 is 11.9 Å². The Bertz CT molecular complexity index is 1160. The van der Waals surface area contributed by atoms with Crippen molar-refractivity contribution in [2.24, 2.45) is 5.92 Å². The van der Waals surface area contributed by atoms with Crippen LogP contribution in [0.25, 0.3) is 11.1 Å². The number of aryl methyl sites for hydroxylation is 1. The highest BCUT2D eigenvalue weighted by atomic mass is 19.4. The molecule has 1 unspecified atom stereocenters. The van der Waals surface area contributed by atoms with Crippen LogP contribution in [-0.4, -0.2) is 32.1 Å². The molecule has 3 rings (SSSR count). The van der Waals surface area contributed by atoms with Gasteiger partial charge in [-0.05, 0) is 71.8 Å². The number of esters is 1. The minimum absolute atomic E-state index is 0.129. The minimum atomic E-state index is -4.35. The summed E-state index contributed by atoms with van der Waals surface area (Å²) in [5, 5.41) is 2.69. The van der Waals surface area contributed by atoms with E-state index in [4.69, 9.17) is 4.74 Å². The van der Waals surface area contributed by atoms with Gasteiger partial charge in [-0.25, -0.2) is 0 Å². The smallest absolute Gasteiger partial charge is 0.416 e. The zero-order valence-corrected chi connectivity index (χ0v) is 20.8. The van der Waals surface area contributed by atoms with Crippen LogP contribution in [0.15, 0.2) is 72.8 Å². The van der Waals surface area contributed by atoms with Crippen molar-refractivity contribution in [3.8, 4) is 16.9 Å². The van der Waals surface area contributed by atoms with Crippen LogP contribution < -0.4 is 10.1 Å². The van der Waals surface area contributed by atoms with Gasteiger partial charge in [-0.1, -0.05) is 43.3 Å². The van der Waals surface area contributed by atoms with Gasteiger partial charge in [0, 0.05) is 12.1 Å². The Morgan fingerprint density at radius 1 is 0.892 bits per heavy atom. The molecule has 3 aromatic rings. The number of halogens is 3. The van der Waals surface area contributed by atoms with Gasteiger partial charge in [-0.15, -0.1) is 0 Å². The Kier molecular flexibility index (Phi) is 9.71. The van der Waals surface area contributed by atoms with E-state index < -0.39 is 11.7 Å². The van der Waals surface area contributed by atoms with Crippen LogP contribution >= 0.6 is 0 Å². The van der Waals surface area contributed by atoms with E-state index in [1.54, 1.807) is 12.1 Å². The molecule has 0 saturated heterocycles. The van der Waals surface area contributed by atoms with Crippen LogP contribution in [0.4, 0.5) is 13.2 Å². The largest absolute Gasteiger partial charge is 0.493 e. The van der Waals surface area contributed by atoms with Gasteiger partial charge < -0.3 is 14.8 Å². The first-order chi connectivity index (χ1) is 17.7. The first-order valence-corrected chi connectivity index (χ1v) is 12.0. The summed E-state index contributed by atoms with van der Waals surface area (Å²) in [6.07, 6.45) is -2.49. The second-order valence-corrected chi connectivity index (χ2v) is 8.83. The van der Waals surface area contributed by atoms with Crippen molar-refractivity contribution in [2.45, 2.75) is 32.4 Å². The van der Waals surface area contributed by atoms with Crippen LogP contribution in [0.5, 0.6) is 5.75 Å². The molecule has 1 atom stereocenters. The second-order valence-electron chi connectivity index (χ2n) is 8.83. The van der Waals surface area contributed by atoms with Crippen LogP contribution in [0, 0.1) is 5.92 Å². The summed E-state index contributed by atoms with van der Waals surface area (Å²) in [6, 6.07) is 19.7. The lowest BCUT2D eigenvalue weighted by atomic mass is 10.0. The molecule has 1 amide bonds. The number of hydrogen-bond acceptors (Lipinski definition) is 4. The SMILES string of the molecule is COC(=O)CCNC(=O)c1ccc(CCC(C)COc2ccc(-c3ccc(C(F)(F)F)cc3)cc2)cc1. The highest BCUT2D eigenvalue weighted by Crippen LogP contribution is 2.31. The van der Waals surface area contributed by atoms with Gasteiger partial charge in [0.05, 0.1) is 25.7 Å². The fourth-order valence-electron chi connectivity index (χ4n) is 3.64. The molecule has 3 aromatic carbocycles. The summed E-state index contributed by atoms with van der Waals surface area (Å²) in [4.78, 5) is 23.3. The topological polar surface area (TPSA) is 64.6 Å². The molecule has 0 aliphatic heterocycles. The number of hydrogen-bond donors (Lipinski definition) is 1. The van der Waals surface area contributed by atoms with Crippen molar-refractivity contribution in [3.05, 3.63) is 89.5 Å². The molecule has 0 saturated carbocycles. The van der Waals surface area contributed by atoms with E-state index in [2.05, 4.69) is 17.0 Å². The molecule has 0 aromatic heterocycles. The summed E-state index contributed by atoms with van der Waals surface area (Å²) in [5.41, 5.74) is 2.50. The lowest BCUT2D eigenvalue weighted by molar-refractivity contribution is -0.140. The van der Waals surface area contributed by atoms with Crippen LogP contribution in [-0.2, 0) is 22.1 Å². The summed E-state index contributed by atoms with van der Waals surface area (Å²) >= 11 is 0. The highest BCUT2D eigenvalue weighted by molar-refractivity contribution is 5.94. The maximum Gasteiger partial charge on any atom is 0.416 e. The highest BCUT2D eigenvalue weighted by Gasteiger charge is 2.29. The Balaban J connectivity index is 1.41. The van der Waals surface area contributed by atoms with Gasteiger partial charge in [-0.3, -0.25) is 9.59 Å². The predicted molar refractivity (Wildman–Crippen MR) is 135 cm³/mol. The van der Waals surface area contributed by atoms with Crippen LogP contribution in [0.1, 0.15) is 41.3 Å². The zero-order chi connectivity index (χ0) is 26.8. The number of carbonyl (C=O) groups excluding carboxylic acids is 2. The maximum atomic E-state index is 12.7. The zero-order valence-electron chi connectivity index (χ0n) is 20.8. The number of alkyl halides is 3. The molecular formula is C29H30F3NO4. The molecule has 8 heteroatoms. The number of methoxy groups -OCH3 is 1. The Morgan fingerprint density at radius 2 is 1.49 bits per heavy atom. The van der Waals surface area contributed by atoms with Gasteiger partial charge in [-0.2, -0.15) is 13.2 Å². The second kappa shape index (κ2) is 12.9. The molecule has 0 heterocycles. The quantitative estimate of drug-likeness (QED) is 0.305. The molecule has 0 radical (unpaired) electrons. The van der Waals surface area contributed by atoms with Crippen LogP contribution in [0.2, 0.25) is 0 Å². The first kappa shape index (κ1) is 27.8. The van der Waals surface area contributed by atoms with Crippen molar-refractivity contribution in [3.63, 3.8) is 0 Å². The van der Waals surface area contributed by atoms with Crippen molar-refractivity contribution in [2.75, 3.05) is 20.3 Å². The summed E-state index contributed by atoms with van der Waals surface area (Å²) in [6.45, 7) is 2.85. The molecule has 1 N–H and O–H groups in total. The lowest BCUT2D eigenvalue weighted by Crippen LogP contribution is -2.26. The van der Waals surface area contributed by atoms with E-state index in [0.29, 0.717) is 23.5 Å². The summed E-state index contributed by atoms with van der Waals surface area (Å²) in [5.74, 6) is 0.381. The fraction of sp³-hybridized carbons (Fsp3) is 0.310. The van der Waals surface area contributed by atoms with Crippen LogP contribution in [0.3, 0.4) is 0 Å². The van der Waals surface area contributed by atoms with Crippen molar-refractivity contribution < 1.29 is 32.2 Å². The van der Waals surface area contributed by atoms with E-state index in [1.165, 1.54) is 19.2 Å². The van der Waals surface area contributed by atoms with Gasteiger partial charge >= 0.3 is 12.1 Å². The molecule has 5 nitrogen and oxygen atoms in total. The van der Waals surface area contributed by atoms with Crippen molar-refractivity contribution in [1.29, 1.82) is 0 Å². The molecule has 0 fully saturated rings. The van der Waals surface area contributed by atoms with Gasteiger partial charge in [0.1, 0.15) is 5.75 Å². The standard InChI is InChI=1S/C29H30F3NO4/c1-20(3-4-21-5-7-24(8-6-21)28(35)33-18-17-27(34)36-2)19-37-26-15-11-23(12-16-26)22-9-13-25(14-10-22)29(30,31)32/h5-16,20H,3-4,17-19H2,1-2H3,(H,33,35). The number of nitrogens with one attached hydrogen (secondary N) is 1. The number of rotatable bonds is 11. The van der Waals surface area contributed by atoms with E-state index in [-0.39, 0.29) is 30.8 Å². The average molecular weight is 514 g/mol. The van der Waals surface area contributed by atoms with E-state index in [0.717, 1.165) is 36.1 Å². The lowest BCUT2D eigenvalue weighted by Gasteiger charge is -2.14. The monoisotopic (exact) mass is 513 g/mol. The number of benzene rings is 3. The molecule has 0 bridgehead atoms. The summed E-state index contributed by atoms with van der Waals surface area (Å²) in [7, 11) is 1.31. The van der Waals surface area contributed by atoms with Gasteiger partial charge in [0.2, 0.25) is 0 Å². The number of carbonyl (C=O) groups is 2. The van der Waals surface area contributed by atoms with E-state index >= 15 is 0 Å². The van der Waals surface area contributed by atoms with E-state index in [9.17, 15) is 22.8 Å². The molecule has 0 aliphatic rings. The molecule has 37 heavy (non-hydrogen) atoms. The third kappa shape index (κ3) is 8.66. The molecule has 196 valence electrons. The molecule has 0 spiro atoms. The molecule has 0 aliphatic carbocycles. The maximum absolute atomic E-state index is 12.7. The Morgan fingerprint density at radius 3 is 2.05 bits per heavy atom. The predicted octanol–water partition coefficient (Wildman–Crippen LogP) is 6.31. The number of amides is 1. The Hall–Kier alpha value is -3.81. The summed E-state index contributed by atoms with van der Waals surface area (Å²) < 4.78 is 48.7. The van der Waals surface area contributed by atoms with Gasteiger partial charge in [0.15, 0.2) is 0 Å².